The fourth-order valence-corrected chi connectivity index (χ4v) is 4.09. The molecule has 0 radical (unpaired) electrons. The first-order chi connectivity index (χ1) is 9.60. The molecule has 8 heteroatoms. The van der Waals surface area contributed by atoms with Crippen LogP contribution in [0.25, 0.3) is 0 Å². The number of thioether (sulfide) groups is 2. The van der Waals surface area contributed by atoms with E-state index in [-0.39, 0.29) is 11.2 Å². The minimum Gasteiger partial charge on any atom is -0.324 e. The number of aromatic nitrogens is 2. The molecule has 1 N–H and O–H groups in total. The van der Waals surface area contributed by atoms with E-state index in [1.165, 1.54) is 23.1 Å². The molecule has 1 atom stereocenters. The first kappa shape index (κ1) is 15.6. The number of para-hydroxylation sites is 1. The number of hydrogen-bond acceptors (Lipinski definition) is 6. The zero-order valence-corrected chi connectivity index (χ0v) is 14.0. The van der Waals surface area contributed by atoms with Gasteiger partial charge in [-0.2, -0.15) is 0 Å². The summed E-state index contributed by atoms with van der Waals surface area (Å²) in [6, 6.07) is 7.16. The molecule has 20 heavy (non-hydrogen) atoms. The Hall–Kier alpha value is -0.760. The first-order valence-electron chi connectivity index (χ1n) is 5.69. The molecule has 0 fully saturated rings. The van der Waals surface area contributed by atoms with Gasteiger partial charge in [0.25, 0.3) is 0 Å². The van der Waals surface area contributed by atoms with Crippen LogP contribution in [0, 0.1) is 0 Å². The van der Waals surface area contributed by atoms with Gasteiger partial charge in [0.1, 0.15) is 0 Å². The van der Waals surface area contributed by atoms with E-state index in [1.54, 1.807) is 23.9 Å². The van der Waals surface area contributed by atoms with Crippen molar-refractivity contribution in [2.24, 2.45) is 0 Å². The third-order valence-electron chi connectivity index (χ3n) is 2.34. The summed E-state index contributed by atoms with van der Waals surface area (Å²) in [6.07, 6.45) is 1.95. The SMILES string of the molecule is CSc1nnc(S[C@H](C)C(=O)Nc2ccccc2Cl)s1. The van der Waals surface area contributed by atoms with Crippen molar-refractivity contribution in [2.45, 2.75) is 20.9 Å². The molecule has 2 aromatic rings. The largest absolute Gasteiger partial charge is 0.324 e. The van der Waals surface area contributed by atoms with Gasteiger partial charge in [-0.05, 0) is 25.3 Å². The Balaban J connectivity index is 1.97. The van der Waals surface area contributed by atoms with Crippen molar-refractivity contribution in [3.63, 3.8) is 0 Å². The molecular weight excluding hydrogens is 334 g/mol. The lowest BCUT2D eigenvalue weighted by molar-refractivity contribution is -0.115. The normalized spacial score (nSPS) is 12.2. The molecular formula is C12H12ClN3OS3. The quantitative estimate of drug-likeness (QED) is 0.829. The average molecular weight is 346 g/mol. The van der Waals surface area contributed by atoms with Crippen LogP contribution >= 0.6 is 46.5 Å². The molecule has 0 aliphatic heterocycles. The summed E-state index contributed by atoms with van der Waals surface area (Å²) in [6.45, 7) is 1.83. The van der Waals surface area contributed by atoms with E-state index < -0.39 is 0 Å². The highest BCUT2D eigenvalue weighted by atomic mass is 35.5. The maximum Gasteiger partial charge on any atom is 0.237 e. The second kappa shape index (κ2) is 7.31. The van der Waals surface area contributed by atoms with Crippen molar-refractivity contribution in [3.8, 4) is 0 Å². The van der Waals surface area contributed by atoms with E-state index in [0.717, 1.165) is 8.68 Å². The molecule has 0 aliphatic rings. The minimum absolute atomic E-state index is 0.107. The van der Waals surface area contributed by atoms with Gasteiger partial charge in [-0.1, -0.05) is 58.6 Å². The Bertz CT molecular complexity index is 605. The lowest BCUT2D eigenvalue weighted by Gasteiger charge is -2.11. The summed E-state index contributed by atoms with van der Waals surface area (Å²) in [5.41, 5.74) is 0.619. The van der Waals surface area contributed by atoms with Crippen LogP contribution in [0.1, 0.15) is 6.92 Å². The van der Waals surface area contributed by atoms with E-state index in [9.17, 15) is 4.79 Å². The fraction of sp³-hybridized carbons (Fsp3) is 0.250. The Labute approximate surface area is 134 Å². The van der Waals surface area contributed by atoms with Crippen LogP contribution in [-0.2, 0) is 4.79 Å². The van der Waals surface area contributed by atoms with Gasteiger partial charge in [-0.3, -0.25) is 4.79 Å². The summed E-state index contributed by atoms with van der Waals surface area (Å²) >= 11 is 10.4. The van der Waals surface area contributed by atoms with E-state index >= 15 is 0 Å². The van der Waals surface area contributed by atoms with Crippen LogP contribution in [0.4, 0.5) is 5.69 Å². The number of nitrogens with one attached hydrogen (secondary N) is 1. The Morgan fingerprint density at radius 3 is 2.70 bits per heavy atom. The number of carbonyl (C=O) groups is 1. The maximum atomic E-state index is 12.1. The zero-order valence-electron chi connectivity index (χ0n) is 10.8. The molecule has 0 aliphatic carbocycles. The predicted molar refractivity (Wildman–Crippen MR) is 87.1 cm³/mol. The molecule has 106 valence electrons. The topological polar surface area (TPSA) is 54.9 Å². The third-order valence-corrected chi connectivity index (χ3v) is 5.75. The second-order valence-electron chi connectivity index (χ2n) is 3.77. The summed E-state index contributed by atoms with van der Waals surface area (Å²) in [5, 5.41) is 11.1. The molecule has 0 spiro atoms. The smallest absolute Gasteiger partial charge is 0.237 e. The first-order valence-corrected chi connectivity index (χ1v) is 8.99. The van der Waals surface area contributed by atoms with Gasteiger partial charge < -0.3 is 5.32 Å². The lowest BCUT2D eigenvalue weighted by Crippen LogP contribution is -2.22. The Morgan fingerprint density at radius 1 is 1.35 bits per heavy atom. The van der Waals surface area contributed by atoms with Crippen LogP contribution in [0.2, 0.25) is 5.02 Å². The fourth-order valence-electron chi connectivity index (χ4n) is 1.33. The van der Waals surface area contributed by atoms with Gasteiger partial charge in [0.05, 0.1) is 16.0 Å². The van der Waals surface area contributed by atoms with E-state index in [2.05, 4.69) is 15.5 Å². The summed E-state index contributed by atoms with van der Waals surface area (Å²) in [5.74, 6) is -0.107. The summed E-state index contributed by atoms with van der Waals surface area (Å²) in [7, 11) is 0. The van der Waals surface area contributed by atoms with Crippen LogP contribution in [0.15, 0.2) is 32.9 Å². The number of carbonyl (C=O) groups excluding carboxylic acids is 1. The highest BCUT2D eigenvalue weighted by molar-refractivity contribution is 8.03. The number of benzene rings is 1. The third kappa shape index (κ3) is 4.12. The summed E-state index contributed by atoms with van der Waals surface area (Å²) < 4.78 is 1.68. The van der Waals surface area contributed by atoms with E-state index in [0.29, 0.717) is 10.7 Å². The molecule has 0 unspecified atom stereocenters. The Kier molecular flexibility index (Phi) is 5.71. The van der Waals surface area contributed by atoms with Crippen LogP contribution in [-0.4, -0.2) is 27.6 Å². The number of amides is 1. The van der Waals surface area contributed by atoms with Gasteiger partial charge >= 0.3 is 0 Å². The van der Waals surface area contributed by atoms with Gasteiger partial charge in [-0.15, -0.1) is 10.2 Å². The molecule has 2 rings (SSSR count). The van der Waals surface area contributed by atoms with Crippen molar-refractivity contribution in [1.29, 1.82) is 0 Å². The zero-order chi connectivity index (χ0) is 14.5. The van der Waals surface area contributed by atoms with Crippen molar-refractivity contribution < 1.29 is 4.79 Å². The minimum atomic E-state index is -0.270. The maximum absolute atomic E-state index is 12.1. The Morgan fingerprint density at radius 2 is 2.05 bits per heavy atom. The standard InChI is InChI=1S/C12H12ClN3OS3/c1-7(19-12-16-15-11(18-2)20-12)10(17)14-9-6-4-3-5-8(9)13/h3-7H,1-2H3,(H,14,17)/t7-/m1/s1. The van der Waals surface area contributed by atoms with Crippen LogP contribution < -0.4 is 5.32 Å². The number of hydrogen-bond donors (Lipinski definition) is 1. The molecule has 0 saturated heterocycles. The van der Waals surface area contributed by atoms with Crippen LogP contribution in [0.3, 0.4) is 0 Å². The monoisotopic (exact) mass is 345 g/mol. The molecule has 0 bridgehead atoms. The number of halogens is 1. The lowest BCUT2D eigenvalue weighted by atomic mass is 10.3. The van der Waals surface area contributed by atoms with Crippen molar-refractivity contribution in [1.82, 2.24) is 10.2 Å². The summed E-state index contributed by atoms with van der Waals surface area (Å²) in [4.78, 5) is 12.1. The second-order valence-corrected chi connectivity index (χ2v) is 7.79. The highest BCUT2D eigenvalue weighted by Crippen LogP contribution is 2.31. The molecule has 4 nitrogen and oxygen atoms in total. The van der Waals surface area contributed by atoms with Gasteiger partial charge in [0.2, 0.25) is 5.91 Å². The molecule has 1 aromatic heterocycles. The van der Waals surface area contributed by atoms with Crippen LogP contribution in [0.5, 0.6) is 0 Å². The highest BCUT2D eigenvalue weighted by Gasteiger charge is 2.17. The number of anilines is 1. The van der Waals surface area contributed by atoms with Crippen molar-refractivity contribution in [3.05, 3.63) is 29.3 Å². The van der Waals surface area contributed by atoms with Gasteiger partial charge in [-0.25, -0.2) is 0 Å². The van der Waals surface area contributed by atoms with Crippen molar-refractivity contribution >= 4 is 58.1 Å². The number of nitrogens with zero attached hydrogens (tertiary/aromatic N) is 2. The average Bonchev–Trinajstić information content (AvgIpc) is 2.89. The predicted octanol–water partition coefficient (Wildman–Crippen LogP) is 4.03. The molecule has 1 heterocycles. The molecule has 1 amide bonds. The van der Waals surface area contributed by atoms with E-state index in [4.69, 9.17) is 11.6 Å². The van der Waals surface area contributed by atoms with E-state index in [1.807, 2.05) is 25.3 Å². The molecule has 1 aromatic carbocycles. The van der Waals surface area contributed by atoms with Gasteiger partial charge in [0.15, 0.2) is 8.68 Å². The van der Waals surface area contributed by atoms with Gasteiger partial charge in [0, 0.05) is 0 Å². The molecule has 0 saturated carbocycles. The number of rotatable bonds is 5. The van der Waals surface area contributed by atoms with Crippen molar-refractivity contribution in [2.75, 3.05) is 11.6 Å².